The largest absolute Gasteiger partial charge is 0.394 e. The van der Waals surface area contributed by atoms with Crippen LogP contribution < -0.4 is 0 Å². The number of aromatic nitrogens is 4. The van der Waals surface area contributed by atoms with Crippen LogP contribution in [0, 0.1) is 0 Å². The second-order valence-corrected chi connectivity index (χ2v) is 4.73. The van der Waals surface area contributed by atoms with Crippen LogP contribution in [0.1, 0.15) is 6.23 Å². The van der Waals surface area contributed by atoms with Crippen LogP contribution in [0.5, 0.6) is 0 Å². The lowest BCUT2D eigenvalue weighted by Crippen LogP contribution is -2.49. The zero-order valence-corrected chi connectivity index (χ0v) is 11.8. The second-order valence-electron chi connectivity index (χ2n) is 4.73. The molecule has 0 aromatic carbocycles. The number of imidazole rings is 1. The molecule has 0 amide bonds. The van der Waals surface area contributed by atoms with Gasteiger partial charge in [0, 0.05) is 7.11 Å². The average Bonchev–Trinajstić information content (AvgIpc) is 2.97. The summed E-state index contributed by atoms with van der Waals surface area (Å²) < 4.78 is 6.51. The maximum atomic E-state index is 10.2. The monoisotopic (exact) mass is 314 g/mol. The van der Waals surface area contributed by atoms with E-state index in [0.717, 1.165) is 0 Å². The summed E-state index contributed by atoms with van der Waals surface area (Å²) >= 11 is 0. The van der Waals surface area contributed by atoms with Crippen molar-refractivity contribution in [3.05, 3.63) is 18.9 Å². The molecule has 0 radical (unpaired) electrons. The molecule has 5 atom stereocenters. The van der Waals surface area contributed by atoms with Crippen molar-refractivity contribution in [1.29, 1.82) is 0 Å². The van der Waals surface area contributed by atoms with E-state index in [4.69, 9.17) is 9.84 Å². The third kappa shape index (κ3) is 3.06. The van der Waals surface area contributed by atoms with Crippen molar-refractivity contribution in [2.45, 2.75) is 30.6 Å². The number of aliphatic hydroxyl groups is 5. The Labute approximate surface area is 125 Å². The summed E-state index contributed by atoms with van der Waals surface area (Å²) in [7, 11) is 1.29. The Kier molecular flexibility index (Phi) is 5.34. The summed E-state index contributed by atoms with van der Waals surface area (Å²) in [4.78, 5) is 11.9. The molecule has 5 N–H and O–H groups in total. The van der Waals surface area contributed by atoms with Gasteiger partial charge in [-0.25, -0.2) is 15.0 Å². The maximum Gasteiger partial charge on any atom is 0.165 e. The van der Waals surface area contributed by atoms with Gasteiger partial charge in [-0.2, -0.15) is 0 Å². The van der Waals surface area contributed by atoms with Gasteiger partial charge in [-0.05, 0) is 0 Å². The van der Waals surface area contributed by atoms with Crippen LogP contribution >= 0.6 is 0 Å². The van der Waals surface area contributed by atoms with Crippen molar-refractivity contribution in [2.24, 2.45) is 0 Å². The molecule has 2 rings (SSSR count). The lowest BCUT2D eigenvalue weighted by molar-refractivity contribution is -0.161. The third-order valence-electron chi connectivity index (χ3n) is 3.33. The number of fused-ring (bicyclic) bond motifs is 1. The van der Waals surface area contributed by atoms with E-state index in [-0.39, 0.29) is 0 Å². The Hall–Kier alpha value is -1.69. The quantitative estimate of drug-likeness (QED) is 0.370. The minimum Gasteiger partial charge on any atom is -0.394 e. The van der Waals surface area contributed by atoms with Crippen molar-refractivity contribution >= 4 is 11.2 Å². The summed E-state index contributed by atoms with van der Waals surface area (Å²) in [6, 6.07) is 0. The fourth-order valence-corrected chi connectivity index (χ4v) is 2.09. The first-order chi connectivity index (χ1) is 10.5. The molecule has 22 heavy (non-hydrogen) atoms. The van der Waals surface area contributed by atoms with Crippen LogP contribution in [0.4, 0.5) is 0 Å². The van der Waals surface area contributed by atoms with Crippen molar-refractivity contribution in [3.63, 3.8) is 0 Å². The Morgan fingerprint density at radius 3 is 2.50 bits per heavy atom. The highest BCUT2D eigenvalue weighted by atomic mass is 16.5. The summed E-state index contributed by atoms with van der Waals surface area (Å²) in [5.74, 6) is 0. The normalized spacial score (nSPS) is 18.8. The number of rotatable bonds is 7. The SMILES string of the molecule is CO[C@@H]([C@H](O)[C@H](O)[C@H](O)[C@H](O)CO)n1cnc2cncnc21. The number of methoxy groups -OCH3 is 1. The van der Waals surface area contributed by atoms with E-state index in [1.807, 2.05) is 0 Å². The molecular weight excluding hydrogens is 296 g/mol. The van der Waals surface area contributed by atoms with Crippen LogP contribution in [0.3, 0.4) is 0 Å². The number of hydrogen-bond donors (Lipinski definition) is 5. The van der Waals surface area contributed by atoms with E-state index >= 15 is 0 Å². The molecule has 0 saturated heterocycles. The first-order valence-corrected chi connectivity index (χ1v) is 6.49. The summed E-state index contributed by atoms with van der Waals surface area (Å²) in [5.41, 5.74) is 0.826. The molecule has 0 aliphatic rings. The van der Waals surface area contributed by atoms with Gasteiger partial charge in [0.1, 0.15) is 36.3 Å². The van der Waals surface area contributed by atoms with E-state index in [0.29, 0.717) is 11.2 Å². The topological polar surface area (TPSA) is 154 Å². The van der Waals surface area contributed by atoms with Crippen LogP contribution in [0.25, 0.3) is 11.2 Å². The first kappa shape index (κ1) is 16.7. The molecule has 0 unspecified atom stereocenters. The molecule has 2 aromatic rings. The molecule has 0 aliphatic carbocycles. The van der Waals surface area contributed by atoms with Crippen LogP contribution in [0.2, 0.25) is 0 Å². The molecule has 0 bridgehead atoms. The standard InChI is InChI=1S/C12H18N4O6/c1-22-12(10(21)9(20)8(19)7(18)3-17)16-5-15-6-2-13-4-14-11(6)16/h2,4-5,7-10,12,17-21H,3H2,1H3/t7-,8-,9-,10-,12+/m1/s1. The van der Waals surface area contributed by atoms with Gasteiger partial charge in [-0.15, -0.1) is 0 Å². The van der Waals surface area contributed by atoms with Crippen LogP contribution in [0.15, 0.2) is 18.9 Å². The molecule has 2 heterocycles. The Balaban J connectivity index is 2.27. The molecule has 2 aromatic heterocycles. The summed E-state index contributed by atoms with van der Waals surface area (Å²) in [6.07, 6.45) is -3.71. The van der Waals surface area contributed by atoms with Gasteiger partial charge < -0.3 is 30.3 Å². The van der Waals surface area contributed by atoms with E-state index < -0.39 is 37.3 Å². The fraction of sp³-hybridized carbons (Fsp3) is 0.583. The van der Waals surface area contributed by atoms with Crippen LogP contribution in [-0.2, 0) is 4.74 Å². The van der Waals surface area contributed by atoms with E-state index in [1.54, 1.807) is 0 Å². The molecule has 0 saturated carbocycles. The lowest BCUT2D eigenvalue weighted by Gasteiger charge is -2.30. The molecule has 0 fully saturated rings. The van der Waals surface area contributed by atoms with E-state index in [1.165, 1.54) is 30.5 Å². The number of nitrogens with zero attached hydrogens (tertiary/aromatic N) is 4. The minimum absolute atomic E-state index is 0.366. The molecular formula is C12H18N4O6. The fourth-order valence-electron chi connectivity index (χ4n) is 2.09. The van der Waals surface area contributed by atoms with Gasteiger partial charge in [0.15, 0.2) is 11.9 Å². The smallest absolute Gasteiger partial charge is 0.165 e. The second kappa shape index (κ2) is 7.05. The summed E-state index contributed by atoms with van der Waals surface area (Å²) in [5, 5.41) is 48.0. The van der Waals surface area contributed by atoms with Gasteiger partial charge >= 0.3 is 0 Å². The lowest BCUT2D eigenvalue weighted by atomic mass is 10.0. The first-order valence-electron chi connectivity index (χ1n) is 6.49. The molecule has 0 spiro atoms. The molecule has 122 valence electrons. The minimum atomic E-state index is -1.76. The van der Waals surface area contributed by atoms with Gasteiger partial charge in [0.25, 0.3) is 0 Å². The van der Waals surface area contributed by atoms with Crippen molar-refractivity contribution in [1.82, 2.24) is 19.5 Å². The van der Waals surface area contributed by atoms with Gasteiger partial charge in [-0.3, -0.25) is 4.57 Å². The number of aliphatic hydroxyl groups excluding tert-OH is 5. The molecule has 10 nitrogen and oxygen atoms in total. The van der Waals surface area contributed by atoms with E-state index in [2.05, 4.69) is 15.0 Å². The summed E-state index contributed by atoms with van der Waals surface area (Å²) in [6.45, 7) is -0.760. The predicted molar refractivity (Wildman–Crippen MR) is 72.5 cm³/mol. The molecule has 0 aliphatic heterocycles. The zero-order valence-electron chi connectivity index (χ0n) is 11.8. The molecule has 10 heteroatoms. The highest BCUT2D eigenvalue weighted by molar-refractivity contribution is 5.68. The third-order valence-corrected chi connectivity index (χ3v) is 3.33. The number of ether oxygens (including phenoxy) is 1. The van der Waals surface area contributed by atoms with Crippen molar-refractivity contribution < 1.29 is 30.3 Å². The highest BCUT2D eigenvalue weighted by Crippen LogP contribution is 2.22. The van der Waals surface area contributed by atoms with Crippen LogP contribution in [-0.4, -0.2) is 83.2 Å². The van der Waals surface area contributed by atoms with Gasteiger partial charge in [0.05, 0.1) is 19.1 Å². The average molecular weight is 314 g/mol. The zero-order chi connectivity index (χ0) is 16.3. The van der Waals surface area contributed by atoms with E-state index in [9.17, 15) is 20.4 Å². The highest BCUT2D eigenvalue weighted by Gasteiger charge is 2.36. The van der Waals surface area contributed by atoms with Crippen molar-refractivity contribution in [3.8, 4) is 0 Å². The predicted octanol–water partition coefficient (Wildman–Crippen LogP) is -2.59. The maximum absolute atomic E-state index is 10.2. The van der Waals surface area contributed by atoms with Crippen molar-refractivity contribution in [2.75, 3.05) is 13.7 Å². The Bertz CT molecular complexity index is 608. The Morgan fingerprint density at radius 1 is 1.14 bits per heavy atom. The van der Waals surface area contributed by atoms with Gasteiger partial charge in [0.2, 0.25) is 0 Å². The number of hydrogen-bond acceptors (Lipinski definition) is 9. The Morgan fingerprint density at radius 2 is 1.86 bits per heavy atom. The van der Waals surface area contributed by atoms with Gasteiger partial charge in [-0.1, -0.05) is 0 Å².